The Bertz CT molecular complexity index is 533. The Morgan fingerprint density at radius 2 is 2.00 bits per heavy atom. The monoisotopic (exact) mass is 248 g/mol. The third-order valence-corrected chi connectivity index (χ3v) is 2.21. The smallest absolute Gasteiger partial charge is 0.337 e. The van der Waals surface area contributed by atoms with E-state index in [0.717, 1.165) is 0 Å². The van der Waals surface area contributed by atoms with Gasteiger partial charge in [-0.1, -0.05) is 0 Å². The number of rotatable bonds is 4. The summed E-state index contributed by atoms with van der Waals surface area (Å²) in [5.41, 5.74) is 0.471. The number of ether oxygens (including phenoxy) is 2. The summed E-state index contributed by atoms with van der Waals surface area (Å²) in [5.74, 6) is 1.13. The van der Waals surface area contributed by atoms with E-state index in [-0.39, 0.29) is 12.6 Å². The summed E-state index contributed by atoms with van der Waals surface area (Å²) in [6, 6.07) is 6.60. The predicted octanol–water partition coefficient (Wildman–Crippen LogP) is 1.74. The highest BCUT2D eigenvalue weighted by atomic mass is 16.5. The fourth-order valence-corrected chi connectivity index (χ4v) is 1.35. The molecule has 2 rings (SSSR count). The molecule has 1 heterocycles. The fraction of sp³-hybridized carbons (Fsp3) is 0.250. The molecule has 0 amide bonds. The number of hydrogen-bond donors (Lipinski definition) is 0. The maximum absolute atomic E-state index is 11.2. The Hall–Kier alpha value is -2.37. The van der Waals surface area contributed by atoms with E-state index >= 15 is 0 Å². The molecule has 0 atom stereocenters. The average molecular weight is 248 g/mol. The topological polar surface area (TPSA) is 74.5 Å². The van der Waals surface area contributed by atoms with Crippen LogP contribution in [-0.2, 0) is 11.3 Å². The first kappa shape index (κ1) is 12.1. The second-order valence-corrected chi connectivity index (χ2v) is 3.52. The summed E-state index contributed by atoms with van der Waals surface area (Å²) in [5, 5.41) is 7.49. The number of methoxy groups -OCH3 is 1. The molecule has 0 spiro atoms. The van der Waals surface area contributed by atoms with Crippen LogP contribution in [0.15, 0.2) is 28.7 Å². The van der Waals surface area contributed by atoms with Crippen LogP contribution in [0.4, 0.5) is 0 Å². The number of benzene rings is 1. The number of carbonyl (C=O) groups excluding carboxylic acids is 1. The summed E-state index contributed by atoms with van der Waals surface area (Å²) in [4.78, 5) is 11.2. The van der Waals surface area contributed by atoms with E-state index in [1.165, 1.54) is 7.11 Å². The SMILES string of the molecule is COC(=O)c1ccc(OCc2nnc(C)o2)cc1. The lowest BCUT2D eigenvalue weighted by Crippen LogP contribution is -2.01. The van der Waals surface area contributed by atoms with Crippen molar-refractivity contribution in [2.24, 2.45) is 0 Å². The van der Waals surface area contributed by atoms with Crippen molar-refractivity contribution in [2.75, 3.05) is 7.11 Å². The van der Waals surface area contributed by atoms with E-state index in [2.05, 4.69) is 14.9 Å². The van der Waals surface area contributed by atoms with Crippen molar-refractivity contribution in [2.45, 2.75) is 13.5 Å². The van der Waals surface area contributed by atoms with Crippen molar-refractivity contribution in [1.29, 1.82) is 0 Å². The van der Waals surface area contributed by atoms with E-state index in [1.54, 1.807) is 31.2 Å². The minimum Gasteiger partial charge on any atom is -0.484 e. The number of hydrogen-bond acceptors (Lipinski definition) is 6. The van der Waals surface area contributed by atoms with Gasteiger partial charge >= 0.3 is 5.97 Å². The van der Waals surface area contributed by atoms with E-state index < -0.39 is 0 Å². The Morgan fingerprint density at radius 1 is 1.28 bits per heavy atom. The van der Waals surface area contributed by atoms with Crippen LogP contribution >= 0.6 is 0 Å². The maximum Gasteiger partial charge on any atom is 0.337 e. The molecule has 2 aromatic rings. The molecule has 0 N–H and O–H groups in total. The molecular weight excluding hydrogens is 236 g/mol. The summed E-state index contributed by atoms with van der Waals surface area (Å²) in [6.45, 7) is 1.90. The summed E-state index contributed by atoms with van der Waals surface area (Å²) in [6.07, 6.45) is 0. The molecule has 0 bridgehead atoms. The zero-order chi connectivity index (χ0) is 13.0. The molecule has 0 saturated carbocycles. The van der Waals surface area contributed by atoms with Crippen LogP contribution in [0.5, 0.6) is 5.75 Å². The quantitative estimate of drug-likeness (QED) is 0.767. The molecule has 0 aliphatic rings. The Labute approximate surface area is 104 Å². The second kappa shape index (κ2) is 5.31. The molecule has 1 aromatic heterocycles. The van der Waals surface area contributed by atoms with E-state index in [0.29, 0.717) is 23.1 Å². The first-order valence-corrected chi connectivity index (χ1v) is 5.29. The van der Waals surface area contributed by atoms with Gasteiger partial charge in [0.05, 0.1) is 12.7 Å². The number of aromatic nitrogens is 2. The van der Waals surface area contributed by atoms with Gasteiger partial charge in [-0.2, -0.15) is 0 Å². The average Bonchev–Trinajstić information content (AvgIpc) is 2.82. The zero-order valence-corrected chi connectivity index (χ0v) is 10.0. The van der Waals surface area contributed by atoms with Crippen LogP contribution in [-0.4, -0.2) is 23.3 Å². The van der Waals surface area contributed by atoms with E-state index in [4.69, 9.17) is 9.15 Å². The summed E-state index contributed by atoms with van der Waals surface area (Å²) < 4.78 is 15.2. The highest BCUT2D eigenvalue weighted by Gasteiger charge is 2.06. The Morgan fingerprint density at radius 3 is 2.56 bits per heavy atom. The van der Waals surface area contributed by atoms with Crippen LogP contribution in [0.2, 0.25) is 0 Å². The van der Waals surface area contributed by atoms with Gasteiger partial charge in [-0.05, 0) is 24.3 Å². The van der Waals surface area contributed by atoms with Crippen LogP contribution in [0.25, 0.3) is 0 Å². The van der Waals surface area contributed by atoms with Crippen LogP contribution in [0.1, 0.15) is 22.1 Å². The Balaban J connectivity index is 1.96. The molecule has 94 valence electrons. The van der Waals surface area contributed by atoms with Crippen LogP contribution < -0.4 is 4.74 Å². The molecule has 6 nitrogen and oxygen atoms in total. The highest BCUT2D eigenvalue weighted by molar-refractivity contribution is 5.89. The van der Waals surface area contributed by atoms with Gasteiger partial charge in [-0.3, -0.25) is 0 Å². The number of carbonyl (C=O) groups is 1. The van der Waals surface area contributed by atoms with Crippen molar-refractivity contribution in [3.63, 3.8) is 0 Å². The van der Waals surface area contributed by atoms with Gasteiger partial charge in [0, 0.05) is 6.92 Å². The molecular formula is C12H12N2O4. The molecule has 0 aliphatic carbocycles. The van der Waals surface area contributed by atoms with Gasteiger partial charge in [-0.15, -0.1) is 10.2 Å². The molecule has 18 heavy (non-hydrogen) atoms. The van der Waals surface area contributed by atoms with Crippen molar-refractivity contribution < 1.29 is 18.7 Å². The summed E-state index contributed by atoms with van der Waals surface area (Å²) >= 11 is 0. The van der Waals surface area contributed by atoms with Crippen LogP contribution in [0, 0.1) is 6.92 Å². The number of nitrogens with zero attached hydrogens (tertiary/aromatic N) is 2. The highest BCUT2D eigenvalue weighted by Crippen LogP contribution is 2.14. The fourth-order valence-electron chi connectivity index (χ4n) is 1.35. The Kier molecular flexibility index (Phi) is 3.57. The van der Waals surface area contributed by atoms with Crippen LogP contribution in [0.3, 0.4) is 0 Å². The van der Waals surface area contributed by atoms with Gasteiger partial charge in [-0.25, -0.2) is 4.79 Å². The minimum absolute atomic E-state index is 0.193. The van der Waals surface area contributed by atoms with Gasteiger partial charge < -0.3 is 13.9 Å². The summed E-state index contributed by atoms with van der Waals surface area (Å²) in [7, 11) is 1.34. The van der Waals surface area contributed by atoms with Gasteiger partial charge in [0.15, 0.2) is 6.61 Å². The van der Waals surface area contributed by atoms with Crippen molar-refractivity contribution in [3.05, 3.63) is 41.6 Å². The predicted molar refractivity (Wildman–Crippen MR) is 61.1 cm³/mol. The largest absolute Gasteiger partial charge is 0.484 e. The van der Waals surface area contributed by atoms with Gasteiger partial charge in [0.25, 0.3) is 5.89 Å². The molecule has 0 radical (unpaired) electrons. The third kappa shape index (κ3) is 2.85. The van der Waals surface area contributed by atoms with Gasteiger partial charge in [0.2, 0.25) is 5.89 Å². The second-order valence-electron chi connectivity index (χ2n) is 3.52. The molecule has 1 aromatic carbocycles. The van der Waals surface area contributed by atoms with E-state index in [1.807, 2.05) is 0 Å². The number of aryl methyl sites for hydroxylation is 1. The molecule has 0 saturated heterocycles. The van der Waals surface area contributed by atoms with Crippen molar-refractivity contribution >= 4 is 5.97 Å². The standard InChI is InChI=1S/C12H12N2O4/c1-8-13-14-11(18-8)7-17-10-5-3-9(4-6-10)12(15)16-2/h3-6H,7H2,1-2H3. The molecule has 0 unspecified atom stereocenters. The van der Waals surface area contributed by atoms with Crippen molar-refractivity contribution in [1.82, 2.24) is 10.2 Å². The molecule has 0 aliphatic heterocycles. The van der Waals surface area contributed by atoms with Crippen molar-refractivity contribution in [3.8, 4) is 5.75 Å². The molecule has 6 heteroatoms. The first-order valence-electron chi connectivity index (χ1n) is 5.29. The lowest BCUT2D eigenvalue weighted by molar-refractivity contribution is 0.0600. The van der Waals surface area contributed by atoms with E-state index in [9.17, 15) is 4.79 Å². The first-order chi connectivity index (χ1) is 8.69. The minimum atomic E-state index is -0.380. The van der Waals surface area contributed by atoms with Gasteiger partial charge in [0.1, 0.15) is 5.75 Å². The molecule has 0 fully saturated rings. The number of esters is 1. The lowest BCUT2D eigenvalue weighted by Gasteiger charge is -2.04. The third-order valence-electron chi connectivity index (χ3n) is 2.21. The normalized spacial score (nSPS) is 10.1. The lowest BCUT2D eigenvalue weighted by atomic mass is 10.2. The zero-order valence-electron chi connectivity index (χ0n) is 10.0. The maximum atomic E-state index is 11.2.